The molecule has 1 aliphatic rings. The molecular formula is C24H25BrN6O3. The molecule has 1 saturated heterocycles. The number of phenolic OH excluding ortho intramolecular Hbond substituents is 1. The van der Waals surface area contributed by atoms with Crippen LogP contribution in [0.25, 0.3) is 0 Å². The molecule has 3 aromatic rings. The molecule has 9 nitrogen and oxygen atoms in total. The normalized spacial score (nSPS) is 13.5. The zero-order valence-corrected chi connectivity index (χ0v) is 20.2. The Morgan fingerprint density at radius 2 is 1.74 bits per heavy atom. The minimum Gasteiger partial charge on any atom is -0.508 e. The summed E-state index contributed by atoms with van der Waals surface area (Å²) in [6, 6.07) is 11.6. The van der Waals surface area contributed by atoms with Gasteiger partial charge in [-0.15, -0.1) is 0 Å². The third-order valence-corrected chi connectivity index (χ3v) is 6.14. The van der Waals surface area contributed by atoms with Crippen LogP contribution >= 0.6 is 15.9 Å². The van der Waals surface area contributed by atoms with Gasteiger partial charge in [0.2, 0.25) is 5.95 Å². The summed E-state index contributed by atoms with van der Waals surface area (Å²) in [6.45, 7) is 4.45. The molecule has 0 bridgehead atoms. The second kappa shape index (κ2) is 10.6. The van der Waals surface area contributed by atoms with Crippen LogP contribution in [0.5, 0.6) is 5.75 Å². The van der Waals surface area contributed by atoms with Crippen LogP contribution in [0, 0.1) is 0 Å². The predicted octanol–water partition coefficient (Wildman–Crippen LogP) is 4.41. The number of halogens is 1. The zero-order valence-electron chi connectivity index (χ0n) is 18.7. The molecule has 0 aliphatic carbocycles. The number of aromatic nitrogens is 2. The smallest absolute Gasteiger partial charge is 0.268 e. The van der Waals surface area contributed by atoms with Crippen molar-refractivity contribution in [2.24, 2.45) is 0 Å². The lowest BCUT2D eigenvalue weighted by molar-refractivity contribution is 0.00736. The lowest BCUT2D eigenvalue weighted by Gasteiger charge is -2.30. The minimum atomic E-state index is -0.401. The Kier molecular flexibility index (Phi) is 7.39. The molecule has 0 radical (unpaired) electrons. The van der Waals surface area contributed by atoms with E-state index in [0.717, 1.165) is 31.6 Å². The Balaban J connectivity index is 1.37. The third kappa shape index (κ3) is 5.52. The van der Waals surface area contributed by atoms with E-state index in [0.29, 0.717) is 33.8 Å². The Morgan fingerprint density at radius 1 is 1.06 bits per heavy atom. The van der Waals surface area contributed by atoms with Crippen LogP contribution in [0.15, 0.2) is 59.3 Å². The summed E-state index contributed by atoms with van der Waals surface area (Å²) in [5, 5.41) is 19.3. The average molecular weight is 525 g/mol. The molecule has 34 heavy (non-hydrogen) atoms. The molecule has 1 fully saturated rings. The SMILES string of the molecule is CCN(C(=O)c1ccc(Nc2ncc(NC(=O)c3cc(O)ccc3Br)cn2)cc1)N1CCCC1. The first-order valence-corrected chi connectivity index (χ1v) is 11.8. The van der Waals surface area contributed by atoms with Crippen molar-refractivity contribution in [3.8, 4) is 5.75 Å². The molecule has 10 heteroatoms. The van der Waals surface area contributed by atoms with Gasteiger partial charge in [0.05, 0.1) is 23.6 Å². The molecule has 0 spiro atoms. The van der Waals surface area contributed by atoms with Gasteiger partial charge in [0.1, 0.15) is 5.75 Å². The van der Waals surface area contributed by atoms with E-state index in [-0.39, 0.29) is 11.7 Å². The molecule has 1 aliphatic heterocycles. The summed E-state index contributed by atoms with van der Waals surface area (Å²) in [5.41, 5.74) is 2.06. The van der Waals surface area contributed by atoms with Crippen LogP contribution in [-0.4, -0.2) is 56.5 Å². The number of carbonyl (C=O) groups excluding carboxylic acids is 2. The Morgan fingerprint density at radius 3 is 2.38 bits per heavy atom. The first-order valence-electron chi connectivity index (χ1n) is 11.0. The maximum Gasteiger partial charge on any atom is 0.268 e. The van der Waals surface area contributed by atoms with Gasteiger partial charge in [0, 0.05) is 35.4 Å². The highest BCUT2D eigenvalue weighted by molar-refractivity contribution is 9.10. The molecule has 2 amide bonds. The number of nitrogens with zero attached hydrogens (tertiary/aromatic N) is 4. The Labute approximate surface area is 205 Å². The Hall–Kier alpha value is -3.50. The standard InChI is InChI=1S/C24H25BrN6O3/c1-2-31(30-11-3-4-12-30)23(34)16-5-7-17(8-6-16)29-24-26-14-18(15-27-24)28-22(33)20-13-19(32)9-10-21(20)25/h5-10,13-15,32H,2-4,11-12H2,1H3,(H,28,33)(H,26,27,29). The number of hydrogen-bond donors (Lipinski definition) is 3. The number of hydrogen-bond acceptors (Lipinski definition) is 7. The highest BCUT2D eigenvalue weighted by Gasteiger charge is 2.23. The van der Waals surface area contributed by atoms with Crippen molar-refractivity contribution in [3.63, 3.8) is 0 Å². The number of aromatic hydroxyl groups is 1. The van der Waals surface area contributed by atoms with Crippen molar-refractivity contribution in [1.29, 1.82) is 0 Å². The van der Waals surface area contributed by atoms with Gasteiger partial charge in [-0.3, -0.25) is 14.6 Å². The van der Waals surface area contributed by atoms with Gasteiger partial charge in [-0.05, 0) is 78.2 Å². The lowest BCUT2D eigenvalue weighted by atomic mass is 10.2. The molecule has 0 saturated carbocycles. The molecule has 4 rings (SSSR count). The average Bonchev–Trinajstić information content (AvgIpc) is 3.37. The van der Waals surface area contributed by atoms with Gasteiger partial charge < -0.3 is 15.7 Å². The number of phenols is 1. The summed E-state index contributed by atoms with van der Waals surface area (Å²) in [7, 11) is 0. The second-order valence-electron chi connectivity index (χ2n) is 7.80. The number of benzene rings is 2. The number of amides is 2. The van der Waals surface area contributed by atoms with Crippen LogP contribution in [0.2, 0.25) is 0 Å². The maximum absolute atomic E-state index is 12.9. The van der Waals surface area contributed by atoms with E-state index in [1.165, 1.54) is 24.5 Å². The minimum absolute atomic E-state index is 0.00434. The monoisotopic (exact) mass is 524 g/mol. The van der Waals surface area contributed by atoms with Crippen molar-refractivity contribution in [1.82, 2.24) is 20.0 Å². The number of rotatable bonds is 7. The van der Waals surface area contributed by atoms with E-state index in [2.05, 4.69) is 41.5 Å². The van der Waals surface area contributed by atoms with Gasteiger partial charge in [-0.2, -0.15) is 0 Å². The number of anilines is 3. The largest absolute Gasteiger partial charge is 0.508 e. The molecule has 1 aromatic heterocycles. The quantitative estimate of drug-likeness (QED) is 0.419. The van der Waals surface area contributed by atoms with Crippen LogP contribution in [-0.2, 0) is 0 Å². The molecule has 2 aromatic carbocycles. The van der Waals surface area contributed by atoms with Gasteiger partial charge >= 0.3 is 0 Å². The van der Waals surface area contributed by atoms with Crippen LogP contribution < -0.4 is 10.6 Å². The highest BCUT2D eigenvalue weighted by atomic mass is 79.9. The number of hydrazine groups is 1. The highest BCUT2D eigenvalue weighted by Crippen LogP contribution is 2.23. The fraction of sp³-hybridized carbons (Fsp3) is 0.250. The fourth-order valence-corrected chi connectivity index (χ4v) is 4.16. The number of carbonyl (C=O) groups is 2. The topological polar surface area (TPSA) is 111 Å². The van der Waals surface area contributed by atoms with Crippen LogP contribution in [0.3, 0.4) is 0 Å². The van der Waals surface area contributed by atoms with E-state index in [9.17, 15) is 14.7 Å². The molecule has 0 unspecified atom stereocenters. The van der Waals surface area contributed by atoms with Crippen molar-refractivity contribution in [2.45, 2.75) is 19.8 Å². The van der Waals surface area contributed by atoms with E-state index >= 15 is 0 Å². The van der Waals surface area contributed by atoms with E-state index in [1.807, 2.05) is 19.1 Å². The van der Waals surface area contributed by atoms with Crippen LogP contribution in [0.1, 0.15) is 40.5 Å². The summed E-state index contributed by atoms with van der Waals surface area (Å²) >= 11 is 3.30. The summed E-state index contributed by atoms with van der Waals surface area (Å²) in [5.74, 6) is -0.0637. The van der Waals surface area contributed by atoms with Crippen LogP contribution in [0.4, 0.5) is 17.3 Å². The van der Waals surface area contributed by atoms with Crippen molar-refractivity contribution in [3.05, 3.63) is 70.5 Å². The molecule has 3 N–H and O–H groups in total. The van der Waals surface area contributed by atoms with E-state index in [4.69, 9.17) is 0 Å². The van der Waals surface area contributed by atoms with Gasteiger partial charge in [0.15, 0.2) is 0 Å². The van der Waals surface area contributed by atoms with Crippen molar-refractivity contribution >= 4 is 45.1 Å². The molecule has 2 heterocycles. The second-order valence-corrected chi connectivity index (χ2v) is 8.65. The molecule has 176 valence electrons. The molecular weight excluding hydrogens is 500 g/mol. The summed E-state index contributed by atoms with van der Waals surface area (Å²) in [4.78, 5) is 33.8. The van der Waals surface area contributed by atoms with Crippen molar-refractivity contribution in [2.75, 3.05) is 30.3 Å². The summed E-state index contributed by atoms with van der Waals surface area (Å²) in [6.07, 6.45) is 5.19. The zero-order chi connectivity index (χ0) is 24.1. The van der Waals surface area contributed by atoms with Gasteiger partial charge in [-0.25, -0.2) is 15.0 Å². The molecule has 0 atom stereocenters. The van der Waals surface area contributed by atoms with Crippen molar-refractivity contribution < 1.29 is 14.7 Å². The van der Waals surface area contributed by atoms with E-state index in [1.54, 1.807) is 23.2 Å². The number of nitrogens with one attached hydrogen (secondary N) is 2. The first-order chi connectivity index (χ1) is 16.4. The summed E-state index contributed by atoms with van der Waals surface area (Å²) < 4.78 is 0.562. The lowest BCUT2D eigenvalue weighted by Crippen LogP contribution is -2.44. The third-order valence-electron chi connectivity index (χ3n) is 5.45. The van der Waals surface area contributed by atoms with E-state index < -0.39 is 5.91 Å². The maximum atomic E-state index is 12.9. The predicted molar refractivity (Wildman–Crippen MR) is 133 cm³/mol. The first kappa shape index (κ1) is 23.7. The fourth-order valence-electron chi connectivity index (χ4n) is 3.73. The van der Waals surface area contributed by atoms with Gasteiger partial charge in [-0.1, -0.05) is 0 Å². The van der Waals surface area contributed by atoms with Gasteiger partial charge in [0.25, 0.3) is 11.8 Å². The Bertz CT molecular complexity index is 1160.